The molecule has 0 radical (unpaired) electrons. The highest BCUT2D eigenvalue weighted by atomic mass is 79.9. The smallest absolute Gasteiger partial charge is 0.351 e. The summed E-state index contributed by atoms with van der Waals surface area (Å²) < 4.78 is 21.9. The van der Waals surface area contributed by atoms with Crippen molar-refractivity contribution in [3.63, 3.8) is 0 Å². The zero-order valence-corrected chi connectivity index (χ0v) is 23.3. The lowest BCUT2D eigenvalue weighted by Crippen LogP contribution is -2.15. The second kappa shape index (κ2) is 13.1. The van der Waals surface area contributed by atoms with Crippen molar-refractivity contribution >= 4 is 44.9 Å². The molecule has 0 bridgehead atoms. The van der Waals surface area contributed by atoms with Gasteiger partial charge in [-0.25, -0.2) is 9.59 Å². The van der Waals surface area contributed by atoms with Gasteiger partial charge in [0.1, 0.15) is 11.5 Å². The maximum atomic E-state index is 12.4. The summed E-state index contributed by atoms with van der Waals surface area (Å²) in [4.78, 5) is 25.2. The molecule has 9 heteroatoms. The van der Waals surface area contributed by atoms with Crippen molar-refractivity contribution < 1.29 is 28.5 Å². The molecule has 4 rings (SSSR count). The summed E-state index contributed by atoms with van der Waals surface area (Å²) in [7, 11) is 1.30. The third-order valence-electron chi connectivity index (χ3n) is 5.34. The number of carbonyl (C=O) groups excluding carboxylic acids is 2. The van der Waals surface area contributed by atoms with Crippen molar-refractivity contribution in [3.05, 3.63) is 93.8 Å². The molecule has 0 amide bonds. The van der Waals surface area contributed by atoms with Gasteiger partial charge in [-0.3, -0.25) is 0 Å². The van der Waals surface area contributed by atoms with E-state index in [1.54, 1.807) is 6.92 Å². The molecule has 1 N–H and O–H groups in total. The van der Waals surface area contributed by atoms with Crippen molar-refractivity contribution in [2.24, 2.45) is 0 Å². The summed E-state index contributed by atoms with van der Waals surface area (Å²) in [5.41, 5.74) is 2.87. The molecule has 0 aliphatic rings. The van der Waals surface area contributed by atoms with Crippen molar-refractivity contribution in [2.45, 2.75) is 13.5 Å². The van der Waals surface area contributed by atoms with Gasteiger partial charge >= 0.3 is 11.9 Å². The Hall–Kier alpha value is -3.82. The van der Waals surface area contributed by atoms with Gasteiger partial charge in [0, 0.05) is 12.2 Å². The van der Waals surface area contributed by atoms with Crippen LogP contribution in [0.15, 0.2) is 83.3 Å². The van der Waals surface area contributed by atoms with Gasteiger partial charge in [-0.1, -0.05) is 42.5 Å². The molecule has 0 saturated heterocycles. The zero-order chi connectivity index (χ0) is 26.9. The zero-order valence-electron chi connectivity index (χ0n) is 20.9. The third-order valence-corrected chi connectivity index (χ3v) is 7.56. The largest absolute Gasteiger partial charge is 0.479 e. The summed E-state index contributed by atoms with van der Waals surface area (Å²) in [6, 6.07) is 25.4. The predicted octanol–water partition coefficient (Wildman–Crippen LogP) is 7.31. The molecule has 0 fully saturated rings. The van der Waals surface area contributed by atoms with Crippen LogP contribution in [0.2, 0.25) is 0 Å². The number of carbonyl (C=O) groups is 2. The van der Waals surface area contributed by atoms with Crippen LogP contribution >= 0.6 is 27.3 Å². The summed E-state index contributed by atoms with van der Waals surface area (Å²) in [5.74, 6) is 0.747. The lowest BCUT2D eigenvalue weighted by molar-refractivity contribution is -0.145. The van der Waals surface area contributed by atoms with E-state index in [9.17, 15) is 9.59 Å². The second-order valence-corrected chi connectivity index (χ2v) is 9.80. The summed E-state index contributed by atoms with van der Waals surface area (Å²) in [5, 5.41) is 3.43. The number of methoxy groups -OCH3 is 1. The van der Waals surface area contributed by atoms with Crippen LogP contribution in [0.3, 0.4) is 0 Å². The van der Waals surface area contributed by atoms with E-state index in [0.29, 0.717) is 11.0 Å². The van der Waals surface area contributed by atoms with Gasteiger partial charge < -0.3 is 24.3 Å². The van der Waals surface area contributed by atoms with Gasteiger partial charge in [-0.15, -0.1) is 11.3 Å². The average Bonchev–Trinajstić information content (AvgIpc) is 3.28. The Kier molecular flexibility index (Phi) is 9.40. The average molecular weight is 596 g/mol. The van der Waals surface area contributed by atoms with E-state index < -0.39 is 11.9 Å². The van der Waals surface area contributed by atoms with Crippen molar-refractivity contribution in [1.29, 1.82) is 0 Å². The molecule has 0 saturated carbocycles. The number of benzene rings is 3. The van der Waals surface area contributed by atoms with E-state index in [4.69, 9.17) is 18.9 Å². The van der Waals surface area contributed by atoms with Crippen molar-refractivity contribution in [1.82, 2.24) is 0 Å². The van der Waals surface area contributed by atoms with Crippen molar-refractivity contribution in [2.75, 3.05) is 25.6 Å². The van der Waals surface area contributed by atoms with Gasteiger partial charge in [0.15, 0.2) is 17.2 Å². The molecule has 0 aliphatic heterocycles. The van der Waals surface area contributed by atoms with Crippen LogP contribution in [-0.4, -0.2) is 32.3 Å². The molecule has 0 unspecified atom stereocenters. The first kappa shape index (κ1) is 27.2. The number of para-hydroxylation sites is 1. The maximum Gasteiger partial charge on any atom is 0.351 e. The Bertz CT molecular complexity index is 1390. The number of anilines is 1. The summed E-state index contributed by atoms with van der Waals surface area (Å²) in [6.45, 7) is 2.26. The molecule has 1 heterocycles. The molecule has 1 aromatic heterocycles. The number of nitrogens with one attached hydrogen (secondary N) is 1. The lowest BCUT2D eigenvalue weighted by Gasteiger charge is -2.10. The van der Waals surface area contributed by atoms with Gasteiger partial charge in [-0.05, 0) is 70.4 Å². The van der Waals surface area contributed by atoms with Crippen LogP contribution in [-0.2, 0) is 20.8 Å². The van der Waals surface area contributed by atoms with E-state index in [0.717, 1.165) is 33.2 Å². The number of esters is 2. The van der Waals surface area contributed by atoms with Crippen LogP contribution < -0.4 is 14.8 Å². The topological polar surface area (TPSA) is 83.1 Å². The molecule has 0 aliphatic carbocycles. The van der Waals surface area contributed by atoms with E-state index in [1.165, 1.54) is 18.4 Å². The van der Waals surface area contributed by atoms with E-state index in [2.05, 4.69) is 21.2 Å². The van der Waals surface area contributed by atoms with Crippen LogP contribution in [0, 0.1) is 0 Å². The fraction of sp³-hybridized carbons (Fsp3) is 0.172. The van der Waals surface area contributed by atoms with Crippen LogP contribution in [0.1, 0.15) is 22.2 Å². The van der Waals surface area contributed by atoms with Crippen molar-refractivity contribution in [3.8, 4) is 27.7 Å². The normalized spacial score (nSPS) is 10.5. The minimum atomic E-state index is -0.547. The minimum Gasteiger partial charge on any atom is -0.479 e. The molecule has 7 nitrogen and oxygen atoms in total. The van der Waals surface area contributed by atoms with E-state index in [-0.39, 0.29) is 23.8 Å². The highest BCUT2D eigenvalue weighted by Gasteiger charge is 2.25. The van der Waals surface area contributed by atoms with E-state index in [1.807, 2.05) is 78.9 Å². The molecule has 3 aromatic carbocycles. The molecule has 196 valence electrons. The molecular formula is C29H26BrNO6S. The number of rotatable bonds is 11. The number of thiophene rings is 1. The summed E-state index contributed by atoms with van der Waals surface area (Å²) in [6.07, 6.45) is 0. The van der Waals surface area contributed by atoms with Gasteiger partial charge in [0.05, 0.1) is 23.1 Å². The lowest BCUT2D eigenvalue weighted by atomic mass is 10.1. The third kappa shape index (κ3) is 6.93. The first-order chi connectivity index (χ1) is 18.5. The van der Waals surface area contributed by atoms with Crippen LogP contribution in [0.25, 0.3) is 10.4 Å². The predicted molar refractivity (Wildman–Crippen MR) is 151 cm³/mol. The monoisotopic (exact) mass is 595 g/mol. The molecule has 4 aromatic rings. The Morgan fingerprint density at radius 2 is 1.68 bits per heavy atom. The Morgan fingerprint density at radius 3 is 2.39 bits per heavy atom. The van der Waals surface area contributed by atoms with Crippen LogP contribution in [0.5, 0.6) is 17.2 Å². The molecule has 0 atom stereocenters. The maximum absolute atomic E-state index is 12.4. The number of hydrogen-bond acceptors (Lipinski definition) is 8. The van der Waals surface area contributed by atoms with Crippen LogP contribution in [0.4, 0.5) is 5.69 Å². The van der Waals surface area contributed by atoms with Gasteiger partial charge in [-0.2, -0.15) is 0 Å². The number of ether oxygens (including phenoxy) is 4. The first-order valence-electron chi connectivity index (χ1n) is 11.8. The molecule has 0 spiro atoms. The fourth-order valence-electron chi connectivity index (χ4n) is 3.55. The SMILES string of the molecule is CCOC(=O)COc1c(C(=O)OC)sc(-c2cccc(NCc3ccc(Oc4ccccc4)cc3)c2)c1Br. The molecule has 38 heavy (non-hydrogen) atoms. The van der Waals surface area contributed by atoms with Gasteiger partial charge in [0.25, 0.3) is 0 Å². The van der Waals surface area contributed by atoms with E-state index >= 15 is 0 Å². The van der Waals surface area contributed by atoms with Gasteiger partial charge in [0.2, 0.25) is 0 Å². The Morgan fingerprint density at radius 1 is 0.947 bits per heavy atom. The number of hydrogen-bond donors (Lipinski definition) is 1. The molecular weight excluding hydrogens is 570 g/mol. The quantitative estimate of drug-likeness (QED) is 0.182. The first-order valence-corrected chi connectivity index (χ1v) is 13.4. The second-order valence-electron chi connectivity index (χ2n) is 7.98. The highest BCUT2D eigenvalue weighted by Crippen LogP contribution is 2.46. The summed E-state index contributed by atoms with van der Waals surface area (Å²) >= 11 is 4.77. The Labute approximate surface area is 233 Å². The highest BCUT2D eigenvalue weighted by molar-refractivity contribution is 9.10. The Balaban J connectivity index is 1.47. The minimum absolute atomic E-state index is 0.244. The standard InChI is InChI=1S/C29H26BrNO6S/c1-3-35-24(32)18-36-26-25(30)27(38-28(26)29(33)34-2)20-8-7-9-21(16-20)31-17-19-12-14-23(15-13-19)37-22-10-5-4-6-11-22/h4-16,31H,3,17-18H2,1-2H3. The number of halogens is 1. The fourth-order valence-corrected chi connectivity index (χ4v) is 5.51.